The first-order chi connectivity index (χ1) is 16.6. The van der Waals surface area contributed by atoms with Gasteiger partial charge in [0.15, 0.2) is 5.65 Å². The first kappa shape index (κ1) is 21.8. The highest BCUT2D eigenvalue weighted by atomic mass is 16.5. The molecule has 1 aliphatic heterocycles. The molecule has 34 heavy (non-hydrogen) atoms. The van der Waals surface area contributed by atoms with Crippen LogP contribution in [0, 0.1) is 5.92 Å². The predicted octanol–water partition coefficient (Wildman–Crippen LogP) is 4.48. The predicted molar refractivity (Wildman–Crippen MR) is 129 cm³/mol. The van der Waals surface area contributed by atoms with Crippen LogP contribution in [0.15, 0.2) is 72.8 Å². The number of benzene rings is 2. The molecule has 0 radical (unpaired) electrons. The quantitative estimate of drug-likeness (QED) is 0.416. The molecule has 0 saturated carbocycles. The van der Waals surface area contributed by atoms with E-state index in [9.17, 15) is 9.59 Å². The van der Waals surface area contributed by atoms with Crippen LogP contribution in [0.2, 0.25) is 0 Å². The molecule has 7 heteroatoms. The van der Waals surface area contributed by atoms with Gasteiger partial charge < -0.3 is 9.64 Å². The molecule has 1 aliphatic rings. The highest BCUT2D eigenvalue weighted by Gasteiger charge is 2.31. The van der Waals surface area contributed by atoms with E-state index in [2.05, 4.69) is 0 Å². The third kappa shape index (κ3) is 4.29. The van der Waals surface area contributed by atoms with Crippen LogP contribution in [-0.2, 0) is 9.53 Å². The minimum Gasteiger partial charge on any atom is -0.466 e. The lowest BCUT2D eigenvalue weighted by Gasteiger charge is -2.31. The second kappa shape index (κ2) is 9.47. The van der Waals surface area contributed by atoms with Gasteiger partial charge in [0.1, 0.15) is 5.69 Å². The Balaban J connectivity index is 1.57. The Morgan fingerprint density at radius 3 is 2.32 bits per heavy atom. The molecule has 7 nitrogen and oxygen atoms in total. The minimum absolute atomic E-state index is 0.165. The molecule has 1 amide bonds. The fraction of sp³-hybridized carbons (Fsp3) is 0.259. The molecule has 0 spiro atoms. The number of carbonyl (C=O) groups excluding carboxylic acids is 2. The van der Waals surface area contributed by atoms with Crippen molar-refractivity contribution < 1.29 is 14.3 Å². The van der Waals surface area contributed by atoms with Crippen LogP contribution in [0.4, 0.5) is 0 Å². The van der Waals surface area contributed by atoms with Crippen molar-refractivity contribution in [2.75, 3.05) is 19.7 Å². The molecular weight excluding hydrogens is 428 g/mol. The molecule has 0 bridgehead atoms. The number of fused-ring (bicyclic) bond motifs is 1. The molecule has 5 rings (SSSR count). The Morgan fingerprint density at radius 2 is 1.65 bits per heavy atom. The summed E-state index contributed by atoms with van der Waals surface area (Å²) in [6, 6.07) is 23.3. The molecule has 2 aromatic heterocycles. The van der Waals surface area contributed by atoms with Gasteiger partial charge in [-0.3, -0.25) is 9.59 Å². The van der Waals surface area contributed by atoms with Crippen molar-refractivity contribution in [2.24, 2.45) is 5.92 Å². The third-order valence-corrected chi connectivity index (χ3v) is 6.11. The number of aromatic nitrogens is 3. The first-order valence-corrected chi connectivity index (χ1v) is 11.6. The van der Waals surface area contributed by atoms with Gasteiger partial charge in [0.25, 0.3) is 5.91 Å². The van der Waals surface area contributed by atoms with E-state index >= 15 is 0 Å². The highest BCUT2D eigenvalue weighted by Crippen LogP contribution is 2.26. The van der Waals surface area contributed by atoms with Crippen molar-refractivity contribution in [3.05, 3.63) is 78.5 Å². The molecule has 2 aromatic carbocycles. The summed E-state index contributed by atoms with van der Waals surface area (Å²) in [5.41, 5.74) is 4.35. The van der Waals surface area contributed by atoms with E-state index < -0.39 is 0 Å². The smallest absolute Gasteiger partial charge is 0.310 e. The summed E-state index contributed by atoms with van der Waals surface area (Å²) in [5, 5.41) is 4.73. The summed E-state index contributed by atoms with van der Waals surface area (Å²) in [4.78, 5) is 32.6. The van der Waals surface area contributed by atoms with Crippen molar-refractivity contribution >= 4 is 17.5 Å². The van der Waals surface area contributed by atoms with Crippen LogP contribution in [0.1, 0.15) is 30.3 Å². The second-order valence-corrected chi connectivity index (χ2v) is 8.40. The van der Waals surface area contributed by atoms with Crippen molar-refractivity contribution in [2.45, 2.75) is 19.8 Å². The number of amides is 1. The Labute approximate surface area is 198 Å². The summed E-state index contributed by atoms with van der Waals surface area (Å²) >= 11 is 0. The Morgan fingerprint density at radius 1 is 0.971 bits per heavy atom. The van der Waals surface area contributed by atoms with E-state index in [4.69, 9.17) is 14.8 Å². The fourth-order valence-corrected chi connectivity index (χ4v) is 4.41. The monoisotopic (exact) mass is 454 g/mol. The van der Waals surface area contributed by atoms with Crippen LogP contribution >= 0.6 is 0 Å². The number of hydrogen-bond acceptors (Lipinski definition) is 5. The molecule has 4 aromatic rings. The molecule has 0 N–H and O–H groups in total. The van der Waals surface area contributed by atoms with Crippen LogP contribution in [-0.4, -0.2) is 51.1 Å². The fourth-order valence-electron chi connectivity index (χ4n) is 4.41. The number of hydrogen-bond donors (Lipinski definition) is 0. The molecule has 172 valence electrons. The van der Waals surface area contributed by atoms with Crippen LogP contribution in [0.25, 0.3) is 28.2 Å². The van der Waals surface area contributed by atoms with Crippen molar-refractivity contribution in [3.63, 3.8) is 0 Å². The van der Waals surface area contributed by atoms with Crippen LogP contribution in [0.5, 0.6) is 0 Å². The zero-order valence-corrected chi connectivity index (χ0v) is 19.1. The number of ether oxygens (including phenoxy) is 1. The van der Waals surface area contributed by atoms with E-state index in [0.29, 0.717) is 36.7 Å². The van der Waals surface area contributed by atoms with E-state index in [-0.39, 0.29) is 17.8 Å². The van der Waals surface area contributed by atoms with Gasteiger partial charge in [-0.1, -0.05) is 60.7 Å². The number of carbonyl (C=O) groups is 2. The van der Waals surface area contributed by atoms with Crippen LogP contribution < -0.4 is 0 Å². The average Bonchev–Trinajstić information content (AvgIpc) is 3.33. The number of piperidine rings is 1. The topological polar surface area (TPSA) is 76.8 Å². The van der Waals surface area contributed by atoms with Gasteiger partial charge in [-0.25, -0.2) is 9.50 Å². The lowest BCUT2D eigenvalue weighted by molar-refractivity contribution is -0.149. The maximum atomic E-state index is 13.8. The van der Waals surface area contributed by atoms with Gasteiger partial charge >= 0.3 is 5.97 Å². The SMILES string of the molecule is CCOC(=O)C1CCCN(C(=O)c2cc(-c3ccccc3)nc3cc(-c4ccccc4)nn23)C1. The second-order valence-electron chi connectivity index (χ2n) is 8.40. The Bertz CT molecular complexity index is 1320. The van der Waals surface area contributed by atoms with Crippen LogP contribution in [0.3, 0.4) is 0 Å². The van der Waals surface area contributed by atoms with E-state index in [1.165, 1.54) is 0 Å². The molecule has 1 atom stereocenters. The molecule has 3 heterocycles. The molecule has 1 fully saturated rings. The van der Waals surface area contributed by atoms with Gasteiger partial charge in [-0.2, -0.15) is 5.10 Å². The standard InChI is InChI=1S/C27H26N4O3/c1-2-34-27(33)21-14-9-15-30(18-21)26(32)24-16-22(19-10-5-3-6-11-19)28-25-17-23(29-31(24)25)20-12-7-4-8-13-20/h3-8,10-13,16-17,21H,2,9,14-15,18H2,1H3. The summed E-state index contributed by atoms with van der Waals surface area (Å²) in [6.45, 7) is 3.07. The zero-order valence-electron chi connectivity index (χ0n) is 19.1. The lowest BCUT2D eigenvalue weighted by Crippen LogP contribution is -2.43. The van der Waals surface area contributed by atoms with Crippen molar-refractivity contribution in [1.29, 1.82) is 0 Å². The third-order valence-electron chi connectivity index (χ3n) is 6.11. The average molecular weight is 455 g/mol. The number of rotatable bonds is 5. The van der Waals surface area contributed by atoms with E-state index in [1.54, 1.807) is 22.4 Å². The Hall–Kier alpha value is -4.00. The largest absolute Gasteiger partial charge is 0.466 e. The molecule has 1 saturated heterocycles. The van der Waals surface area contributed by atoms with Crippen molar-refractivity contribution in [1.82, 2.24) is 19.5 Å². The summed E-state index contributed by atoms with van der Waals surface area (Å²) in [6.07, 6.45) is 1.48. The number of nitrogens with zero attached hydrogens (tertiary/aromatic N) is 4. The highest BCUT2D eigenvalue weighted by molar-refractivity contribution is 5.95. The summed E-state index contributed by atoms with van der Waals surface area (Å²) in [5.74, 6) is -0.710. The summed E-state index contributed by atoms with van der Waals surface area (Å²) in [7, 11) is 0. The molecular formula is C27H26N4O3. The molecule has 0 aliphatic carbocycles. The maximum absolute atomic E-state index is 13.8. The maximum Gasteiger partial charge on any atom is 0.310 e. The lowest BCUT2D eigenvalue weighted by atomic mass is 9.98. The summed E-state index contributed by atoms with van der Waals surface area (Å²) < 4.78 is 6.83. The Kier molecular flexibility index (Phi) is 6.08. The number of likely N-dealkylation sites (tertiary alicyclic amines) is 1. The van der Waals surface area contributed by atoms with Gasteiger partial charge in [-0.15, -0.1) is 0 Å². The van der Waals surface area contributed by atoms with E-state index in [0.717, 1.165) is 29.7 Å². The van der Waals surface area contributed by atoms with Gasteiger partial charge in [-0.05, 0) is 25.8 Å². The van der Waals surface area contributed by atoms with Gasteiger partial charge in [0.05, 0.1) is 23.9 Å². The number of esters is 1. The molecule has 1 unspecified atom stereocenters. The minimum atomic E-state index is -0.305. The van der Waals surface area contributed by atoms with Gasteiger partial charge in [0.2, 0.25) is 0 Å². The van der Waals surface area contributed by atoms with E-state index in [1.807, 2.05) is 66.7 Å². The zero-order chi connectivity index (χ0) is 23.5. The first-order valence-electron chi connectivity index (χ1n) is 11.6. The van der Waals surface area contributed by atoms with Crippen molar-refractivity contribution in [3.8, 4) is 22.5 Å². The normalized spacial score (nSPS) is 15.9. The van der Waals surface area contributed by atoms with Gasteiger partial charge in [0, 0.05) is 30.3 Å².